The van der Waals surface area contributed by atoms with Crippen molar-refractivity contribution < 1.29 is 4.39 Å². The average molecular weight is 153 g/mol. The first-order valence-corrected chi connectivity index (χ1v) is 3.71. The summed E-state index contributed by atoms with van der Waals surface area (Å²) in [6, 6.07) is 9.53. The van der Waals surface area contributed by atoms with Gasteiger partial charge in [-0.3, -0.25) is 0 Å². The molecule has 60 valence electrons. The molecule has 0 saturated carbocycles. The second kappa shape index (κ2) is 4.09. The lowest BCUT2D eigenvalue weighted by Gasteiger charge is -2.03. The summed E-state index contributed by atoms with van der Waals surface area (Å²) in [5.74, 6) is 0. The molecule has 1 rings (SSSR count). The minimum Gasteiger partial charge on any atom is -0.328 e. The summed E-state index contributed by atoms with van der Waals surface area (Å²) in [5.41, 5.74) is 6.15. The quantitative estimate of drug-likeness (QED) is 0.700. The van der Waals surface area contributed by atoms with E-state index in [9.17, 15) is 4.39 Å². The summed E-state index contributed by atoms with van der Waals surface area (Å²) in [6.07, 6.45) is -0.477. The molecule has 11 heavy (non-hydrogen) atoms. The molecular formula is C9H12FN. The first-order valence-electron chi connectivity index (χ1n) is 3.71. The molecule has 0 bridgehead atoms. The Morgan fingerprint density at radius 1 is 1.27 bits per heavy atom. The van der Waals surface area contributed by atoms with E-state index in [1.54, 1.807) is 0 Å². The van der Waals surface area contributed by atoms with Gasteiger partial charge in [-0.05, 0) is 5.56 Å². The van der Waals surface area contributed by atoms with Gasteiger partial charge in [0.05, 0.1) is 0 Å². The van der Waals surface area contributed by atoms with Crippen molar-refractivity contribution in [3.63, 3.8) is 0 Å². The molecule has 0 aromatic heterocycles. The van der Waals surface area contributed by atoms with Crippen LogP contribution in [0.15, 0.2) is 30.3 Å². The van der Waals surface area contributed by atoms with Gasteiger partial charge >= 0.3 is 0 Å². The highest BCUT2D eigenvalue weighted by Crippen LogP contribution is 2.03. The maximum atomic E-state index is 12.7. The van der Waals surface area contributed by atoms with Crippen LogP contribution in [0.5, 0.6) is 0 Å². The molecule has 0 unspecified atom stereocenters. The third-order valence-corrected chi connectivity index (χ3v) is 1.56. The molecule has 0 heterocycles. The predicted molar refractivity (Wildman–Crippen MR) is 44.1 cm³/mol. The Morgan fingerprint density at radius 3 is 2.45 bits per heavy atom. The van der Waals surface area contributed by atoms with Crippen molar-refractivity contribution in [2.75, 3.05) is 6.54 Å². The molecule has 0 fully saturated rings. The van der Waals surface area contributed by atoms with E-state index in [2.05, 4.69) is 0 Å². The maximum absolute atomic E-state index is 12.7. The lowest BCUT2D eigenvalue weighted by molar-refractivity contribution is 0.340. The molecule has 0 aliphatic rings. The predicted octanol–water partition coefficient (Wildman–Crippen LogP) is 1.53. The van der Waals surface area contributed by atoms with E-state index in [1.807, 2.05) is 30.3 Å². The Hall–Kier alpha value is -0.890. The van der Waals surface area contributed by atoms with E-state index in [0.29, 0.717) is 6.42 Å². The van der Waals surface area contributed by atoms with Crippen molar-refractivity contribution >= 4 is 0 Å². The van der Waals surface area contributed by atoms with Gasteiger partial charge in [-0.1, -0.05) is 30.3 Å². The summed E-state index contributed by atoms with van der Waals surface area (Å²) in [6.45, 7) is 0.106. The van der Waals surface area contributed by atoms with Gasteiger partial charge in [-0.2, -0.15) is 0 Å². The Morgan fingerprint density at radius 2 is 1.91 bits per heavy atom. The van der Waals surface area contributed by atoms with Crippen molar-refractivity contribution in [3.05, 3.63) is 35.9 Å². The van der Waals surface area contributed by atoms with Crippen LogP contribution >= 0.6 is 0 Å². The normalized spacial score (nSPS) is 12.9. The fourth-order valence-corrected chi connectivity index (χ4v) is 0.953. The first-order chi connectivity index (χ1) is 5.33. The summed E-state index contributed by atoms with van der Waals surface area (Å²) >= 11 is 0. The summed E-state index contributed by atoms with van der Waals surface area (Å²) < 4.78 is 12.7. The summed E-state index contributed by atoms with van der Waals surface area (Å²) in [7, 11) is 0. The molecule has 0 saturated heterocycles. The second-order valence-corrected chi connectivity index (χ2v) is 2.52. The molecular weight excluding hydrogens is 141 g/mol. The van der Waals surface area contributed by atoms with Gasteiger partial charge in [0.1, 0.15) is 6.17 Å². The molecule has 0 aliphatic heterocycles. The van der Waals surface area contributed by atoms with Crippen LogP contribution in [-0.2, 0) is 6.42 Å². The van der Waals surface area contributed by atoms with Gasteiger partial charge in [-0.25, -0.2) is 4.39 Å². The van der Waals surface area contributed by atoms with E-state index >= 15 is 0 Å². The van der Waals surface area contributed by atoms with E-state index < -0.39 is 6.17 Å². The largest absolute Gasteiger partial charge is 0.328 e. The van der Waals surface area contributed by atoms with E-state index in [0.717, 1.165) is 5.56 Å². The molecule has 1 nitrogen and oxygen atoms in total. The molecule has 0 amide bonds. The highest BCUT2D eigenvalue weighted by molar-refractivity contribution is 5.15. The minimum absolute atomic E-state index is 0.106. The van der Waals surface area contributed by atoms with Crippen molar-refractivity contribution in [1.29, 1.82) is 0 Å². The third-order valence-electron chi connectivity index (χ3n) is 1.56. The molecule has 1 aromatic rings. The van der Waals surface area contributed by atoms with Gasteiger partial charge in [0.15, 0.2) is 0 Å². The molecule has 0 radical (unpaired) electrons. The fraction of sp³-hybridized carbons (Fsp3) is 0.333. The van der Waals surface area contributed by atoms with Crippen molar-refractivity contribution in [1.82, 2.24) is 0 Å². The maximum Gasteiger partial charge on any atom is 0.116 e. The average Bonchev–Trinajstić information content (AvgIpc) is 2.06. The van der Waals surface area contributed by atoms with Gasteiger partial charge in [0.25, 0.3) is 0 Å². The van der Waals surface area contributed by atoms with E-state index in [1.165, 1.54) is 0 Å². The molecule has 1 aromatic carbocycles. The van der Waals surface area contributed by atoms with Crippen LogP contribution in [0.1, 0.15) is 5.56 Å². The number of hydrogen-bond acceptors (Lipinski definition) is 1. The first kappa shape index (κ1) is 8.21. The number of alkyl halides is 1. The third kappa shape index (κ3) is 2.68. The fourth-order valence-electron chi connectivity index (χ4n) is 0.953. The Kier molecular flexibility index (Phi) is 3.05. The smallest absolute Gasteiger partial charge is 0.116 e. The Balaban J connectivity index is 2.51. The van der Waals surface area contributed by atoms with Crippen LogP contribution in [0.4, 0.5) is 4.39 Å². The highest BCUT2D eigenvalue weighted by atomic mass is 19.1. The lowest BCUT2D eigenvalue weighted by atomic mass is 10.1. The Bertz CT molecular complexity index is 198. The highest BCUT2D eigenvalue weighted by Gasteiger charge is 2.03. The standard InChI is InChI=1S/C9H12FN/c10-9(7-11)6-8-4-2-1-3-5-8/h1-5,9H,6-7,11H2/t9-/m1/s1. The van der Waals surface area contributed by atoms with Crippen LogP contribution in [0.2, 0.25) is 0 Å². The van der Waals surface area contributed by atoms with Crippen molar-refractivity contribution in [2.45, 2.75) is 12.6 Å². The van der Waals surface area contributed by atoms with Crippen LogP contribution < -0.4 is 5.73 Å². The van der Waals surface area contributed by atoms with Gasteiger partial charge in [-0.15, -0.1) is 0 Å². The van der Waals surface area contributed by atoms with Crippen molar-refractivity contribution in [3.8, 4) is 0 Å². The number of hydrogen-bond donors (Lipinski definition) is 1. The van der Waals surface area contributed by atoms with E-state index in [4.69, 9.17) is 5.73 Å². The zero-order valence-electron chi connectivity index (χ0n) is 6.33. The number of rotatable bonds is 3. The zero-order valence-corrected chi connectivity index (χ0v) is 6.33. The number of halogens is 1. The Labute approximate surface area is 66.0 Å². The van der Waals surface area contributed by atoms with Crippen LogP contribution in [0.3, 0.4) is 0 Å². The van der Waals surface area contributed by atoms with Crippen LogP contribution in [-0.4, -0.2) is 12.7 Å². The molecule has 2 N–H and O–H groups in total. The van der Waals surface area contributed by atoms with E-state index in [-0.39, 0.29) is 6.54 Å². The molecule has 0 aliphatic carbocycles. The zero-order chi connectivity index (χ0) is 8.10. The number of benzene rings is 1. The van der Waals surface area contributed by atoms with Crippen LogP contribution in [0, 0.1) is 0 Å². The number of nitrogens with two attached hydrogens (primary N) is 1. The van der Waals surface area contributed by atoms with Gasteiger partial charge in [0, 0.05) is 13.0 Å². The van der Waals surface area contributed by atoms with Crippen LogP contribution in [0.25, 0.3) is 0 Å². The second-order valence-electron chi connectivity index (χ2n) is 2.52. The topological polar surface area (TPSA) is 26.0 Å². The minimum atomic E-state index is -0.905. The molecule has 0 spiro atoms. The monoisotopic (exact) mass is 153 g/mol. The summed E-state index contributed by atoms with van der Waals surface area (Å²) in [5, 5.41) is 0. The van der Waals surface area contributed by atoms with Crippen molar-refractivity contribution in [2.24, 2.45) is 5.73 Å². The van der Waals surface area contributed by atoms with Gasteiger partial charge < -0.3 is 5.73 Å². The molecule has 2 heteroatoms. The molecule has 1 atom stereocenters. The summed E-state index contributed by atoms with van der Waals surface area (Å²) in [4.78, 5) is 0. The SMILES string of the molecule is NC[C@H](F)Cc1ccccc1. The van der Waals surface area contributed by atoms with Gasteiger partial charge in [0.2, 0.25) is 0 Å². The lowest BCUT2D eigenvalue weighted by Crippen LogP contribution is -2.17.